The van der Waals surface area contributed by atoms with Crippen LogP contribution in [0.25, 0.3) is 22.3 Å². The smallest absolute Gasteiger partial charge is 0.142 e. The van der Waals surface area contributed by atoms with Gasteiger partial charge in [-0.2, -0.15) is 0 Å². The van der Waals surface area contributed by atoms with Gasteiger partial charge in [0.2, 0.25) is 0 Å². The highest BCUT2D eigenvalue weighted by atomic mass is 16.5. The minimum Gasteiger partial charge on any atom is -0.495 e. The summed E-state index contributed by atoms with van der Waals surface area (Å²) >= 11 is 0. The van der Waals surface area contributed by atoms with Crippen LogP contribution in [0.1, 0.15) is 22.3 Å². The number of methoxy groups -OCH3 is 1. The first-order chi connectivity index (χ1) is 16.8. The molecule has 0 saturated carbocycles. The zero-order chi connectivity index (χ0) is 22.7. The highest BCUT2D eigenvalue weighted by molar-refractivity contribution is 5.99. The molecule has 0 heterocycles. The number of anilines is 2. The Kier molecular flexibility index (Phi) is 4.01. The van der Waals surface area contributed by atoms with Gasteiger partial charge in [-0.05, 0) is 57.1 Å². The maximum absolute atomic E-state index is 5.63. The van der Waals surface area contributed by atoms with Crippen molar-refractivity contribution < 1.29 is 4.74 Å². The van der Waals surface area contributed by atoms with Crippen molar-refractivity contribution in [2.45, 2.75) is 5.41 Å². The summed E-state index contributed by atoms with van der Waals surface area (Å²) in [6, 6.07) is 41.4. The molecule has 0 amide bonds. The van der Waals surface area contributed by atoms with E-state index in [-0.39, 0.29) is 5.41 Å². The standard InChI is InChI=1S/C32H23NO/c1-34-30-20-9-8-18-28(30)33-29-19-10-17-27-31(29)23-13-4-7-16-26(23)32(27)24-14-5-2-11-21(24)22-12-3-6-15-25(22)32/h2-20,33H,1H3. The predicted molar refractivity (Wildman–Crippen MR) is 139 cm³/mol. The zero-order valence-electron chi connectivity index (χ0n) is 18.9. The summed E-state index contributed by atoms with van der Waals surface area (Å²) < 4.78 is 5.63. The summed E-state index contributed by atoms with van der Waals surface area (Å²) in [7, 11) is 1.71. The molecule has 5 aromatic carbocycles. The van der Waals surface area contributed by atoms with E-state index in [9.17, 15) is 0 Å². The SMILES string of the molecule is COc1ccccc1Nc1cccc2c1-c1ccccc1C21c2ccccc2-c2ccccc21. The Morgan fingerprint density at radius 1 is 0.500 bits per heavy atom. The van der Waals surface area contributed by atoms with E-state index in [1.807, 2.05) is 18.2 Å². The molecule has 0 atom stereocenters. The average Bonchev–Trinajstić information content (AvgIpc) is 3.37. The van der Waals surface area contributed by atoms with Gasteiger partial charge in [0.15, 0.2) is 0 Å². The molecule has 34 heavy (non-hydrogen) atoms. The molecule has 2 aliphatic rings. The minimum atomic E-state index is -0.322. The third-order valence-electron chi connectivity index (χ3n) is 7.40. The van der Waals surface area contributed by atoms with Crippen LogP contribution in [0.5, 0.6) is 5.75 Å². The third-order valence-corrected chi connectivity index (χ3v) is 7.40. The summed E-state index contributed by atoms with van der Waals surface area (Å²) in [4.78, 5) is 0. The molecule has 0 fully saturated rings. The Morgan fingerprint density at radius 2 is 1.00 bits per heavy atom. The molecule has 0 radical (unpaired) electrons. The van der Waals surface area contributed by atoms with Crippen LogP contribution < -0.4 is 10.1 Å². The van der Waals surface area contributed by atoms with E-state index >= 15 is 0 Å². The van der Waals surface area contributed by atoms with Crippen LogP contribution >= 0.6 is 0 Å². The van der Waals surface area contributed by atoms with Gasteiger partial charge in [-0.15, -0.1) is 0 Å². The van der Waals surface area contributed by atoms with E-state index in [1.54, 1.807) is 7.11 Å². The van der Waals surface area contributed by atoms with Gasteiger partial charge >= 0.3 is 0 Å². The van der Waals surface area contributed by atoms with E-state index in [0.29, 0.717) is 0 Å². The van der Waals surface area contributed by atoms with E-state index in [2.05, 4.69) is 102 Å². The molecular formula is C32H23NO. The fourth-order valence-electron chi connectivity index (χ4n) is 6.14. The molecule has 0 aliphatic heterocycles. The molecule has 2 heteroatoms. The van der Waals surface area contributed by atoms with Crippen LogP contribution in [-0.2, 0) is 5.41 Å². The van der Waals surface area contributed by atoms with Crippen LogP contribution in [0.15, 0.2) is 115 Å². The monoisotopic (exact) mass is 437 g/mol. The van der Waals surface area contributed by atoms with Gasteiger partial charge in [0, 0.05) is 11.3 Å². The van der Waals surface area contributed by atoms with Gasteiger partial charge in [0.25, 0.3) is 0 Å². The Bertz CT molecular complexity index is 1540. The van der Waals surface area contributed by atoms with Crippen molar-refractivity contribution in [3.63, 3.8) is 0 Å². The largest absolute Gasteiger partial charge is 0.495 e. The van der Waals surface area contributed by atoms with Crippen LogP contribution in [-0.4, -0.2) is 7.11 Å². The van der Waals surface area contributed by atoms with E-state index in [4.69, 9.17) is 4.74 Å². The number of nitrogens with one attached hydrogen (secondary N) is 1. The van der Waals surface area contributed by atoms with Gasteiger partial charge in [0.1, 0.15) is 5.75 Å². The van der Waals surface area contributed by atoms with Gasteiger partial charge in [-0.3, -0.25) is 0 Å². The number of hydrogen-bond acceptors (Lipinski definition) is 2. The summed E-state index contributed by atoms with van der Waals surface area (Å²) in [5.74, 6) is 0.831. The van der Waals surface area contributed by atoms with Gasteiger partial charge in [0.05, 0.1) is 18.2 Å². The summed E-state index contributed by atoms with van der Waals surface area (Å²) in [6.07, 6.45) is 0. The number of benzene rings is 5. The topological polar surface area (TPSA) is 21.3 Å². The van der Waals surface area contributed by atoms with Crippen LogP contribution in [0.2, 0.25) is 0 Å². The number of fused-ring (bicyclic) bond motifs is 10. The highest BCUT2D eigenvalue weighted by Crippen LogP contribution is 2.63. The Morgan fingerprint density at radius 3 is 1.68 bits per heavy atom. The lowest BCUT2D eigenvalue weighted by molar-refractivity contribution is 0.417. The molecule has 2 aliphatic carbocycles. The van der Waals surface area contributed by atoms with E-state index in [1.165, 1.54) is 44.5 Å². The van der Waals surface area contributed by atoms with Gasteiger partial charge in [-0.25, -0.2) is 0 Å². The number of ether oxygens (including phenoxy) is 1. The second-order valence-corrected chi connectivity index (χ2v) is 8.94. The number of hydrogen-bond donors (Lipinski definition) is 1. The molecular weight excluding hydrogens is 414 g/mol. The third kappa shape index (κ3) is 2.35. The van der Waals surface area contributed by atoms with Crippen LogP contribution in [0, 0.1) is 0 Å². The Balaban J connectivity index is 1.56. The summed E-state index contributed by atoms with van der Waals surface area (Å²) in [5.41, 5.74) is 12.3. The first-order valence-electron chi connectivity index (χ1n) is 11.7. The average molecular weight is 438 g/mol. The van der Waals surface area contributed by atoms with Crippen molar-refractivity contribution in [1.29, 1.82) is 0 Å². The second-order valence-electron chi connectivity index (χ2n) is 8.94. The molecule has 0 aromatic heterocycles. The second kappa shape index (κ2) is 7.10. The van der Waals surface area contributed by atoms with Gasteiger partial charge < -0.3 is 10.1 Å². The molecule has 0 unspecified atom stereocenters. The fraction of sp³-hybridized carbons (Fsp3) is 0.0625. The first kappa shape index (κ1) is 19.2. The predicted octanol–water partition coefficient (Wildman–Crippen LogP) is 7.78. The zero-order valence-corrected chi connectivity index (χ0v) is 18.9. The van der Waals surface area contributed by atoms with Crippen LogP contribution in [0.4, 0.5) is 11.4 Å². The normalized spacial score (nSPS) is 13.7. The van der Waals surface area contributed by atoms with E-state index in [0.717, 1.165) is 17.1 Å². The van der Waals surface area contributed by atoms with Crippen molar-refractivity contribution in [2.75, 3.05) is 12.4 Å². The molecule has 0 saturated heterocycles. The summed E-state index contributed by atoms with van der Waals surface area (Å²) in [5, 5.41) is 3.69. The van der Waals surface area contributed by atoms with Crippen molar-refractivity contribution >= 4 is 11.4 Å². The molecule has 162 valence electrons. The van der Waals surface area contributed by atoms with E-state index < -0.39 is 0 Å². The van der Waals surface area contributed by atoms with Crippen molar-refractivity contribution in [1.82, 2.24) is 0 Å². The number of rotatable bonds is 3. The van der Waals surface area contributed by atoms with Crippen LogP contribution in [0.3, 0.4) is 0 Å². The van der Waals surface area contributed by atoms with Crippen molar-refractivity contribution in [3.05, 3.63) is 138 Å². The fourth-order valence-corrected chi connectivity index (χ4v) is 6.14. The molecule has 2 nitrogen and oxygen atoms in total. The number of para-hydroxylation sites is 2. The Hall–Kier alpha value is -4.30. The lowest BCUT2D eigenvalue weighted by Gasteiger charge is -2.30. The van der Waals surface area contributed by atoms with Crippen molar-refractivity contribution in [3.8, 4) is 28.0 Å². The molecule has 0 bridgehead atoms. The minimum absolute atomic E-state index is 0.322. The maximum atomic E-state index is 5.63. The lowest BCUT2D eigenvalue weighted by Crippen LogP contribution is -2.25. The quantitative estimate of drug-likeness (QED) is 0.305. The summed E-state index contributed by atoms with van der Waals surface area (Å²) in [6.45, 7) is 0. The van der Waals surface area contributed by atoms with Gasteiger partial charge in [-0.1, -0.05) is 97.1 Å². The molecule has 1 spiro atoms. The highest BCUT2D eigenvalue weighted by Gasteiger charge is 2.51. The molecule has 1 N–H and O–H groups in total. The molecule has 5 aromatic rings. The Labute approximate surface area is 199 Å². The maximum Gasteiger partial charge on any atom is 0.142 e. The molecule has 7 rings (SSSR count). The lowest BCUT2D eigenvalue weighted by atomic mass is 9.70. The first-order valence-corrected chi connectivity index (χ1v) is 11.7. The van der Waals surface area contributed by atoms with Crippen molar-refractivity contribution in [2.24, 2.45) is 0 Å².